The molecule has 0 fully saturated rings. The molecule has 0 aliphatic rings. The van der Waals surface area contributed by atoms with Crippen LogP contribution in [0.2, 0.25) is 0 Å². The maximum atomic E-state index is 12.5. The number of hydrogen-bond donors (Lipinski definition) is 2. The highest BCUT2D eigenvalue weighted by molar-refractivity contribution is 6.06. The molecule has 2 N–H and O–H groups in total. The zero-order valence-corrected chi connectivity index (χ0v) is 16.0. The van der Waals surface area contributed by atoms with Crippen molar-refractivity contribution in [2.45, 2.75) is 20.8 Å². The van der Waals surface area contributed by atoms with Crippen LogP contribution in [0.4, 0.5) is 17.2 Å². The Morgan fingerprint density at radius 1 is 1.00 bits per heavy atom. The summed E-state index contributed by atoms with van der Waals surface area (Å²) in [6, 6.07) is 15.0. The number of nitrogens with one attached hydrogen (secondary N) is 2. The third kappa shape index (κ3) is 4.26. The van der Waals surface area contributed by atoms with Crippen molar-refractivity contribution in [3.63, 3.8) is 0 Å². The van der Waals surface area contributed by atoms with Crippen molar-refractivity contribution in [3.05, 3.63) is 77.0 Å². The number of amides is 1. The summed E-state index contributed by atoms with van der Waals surface area (Å²) in [7, 11) is 1.54. The van der Waals surface area contributed by atoms with Gasteiger partial charge in [-0.3, -0.25) is 4.79 Å². The lowest BCUT2D eigenvalue weighted by Gasteiger charge is -2.14. The molecule has 1 aromatic heterocycles. The Morgan fingerprint density at radius 2 is 1.70 bits per heavy atom. The standard InChI is InChI=1S/C22H23N3O2/c1-14-11-15(2)21(16(3)12-14)25-20-10-9-17(13-23-20)24-22(26)18-7-5-6-8-19(18)27-4/h5-13H,1-4H3,(H,23,25)(H,24,26). The van der Waals surface area contributed by atoms with Crippen LogP contribution in [-0.4, -0.2) is 18.0 Å². The first-order valence-electron chi connectivity index (χ1n) is 8.73. The van der Waals surface area contributed by atoms with Gasteiger partial charge in [0, 0.05) is 5.69 Å². The summed E-state index contributed by atoms with van der Waals surface area (Å²) in [4.78, 5) is 16.9. The Bertz CT molecular complexity index is 943. The van der Waals surface area contributed by atoms with Gasteiger partial charge in [-0.1, -0.05) is 29.8 Å². The van der Waals surface area contributed by atoms with Crippen molar-refractivity contribution in [3.8, 4) is 5.75 Å². The molecule has 0 unspecified atom stereocenters. The molecule has 2 aromatic carbocycles. The van der Waals surface area contributed by atoms with E-state index in [1.54, 1.807) is 31.5 Å². The maximum absolute atomic E-state index is 12.5. The summed E-state index contributed by atoms with van der Waals surface area (Å²) in [5.41, 5.74) is 5.73. The van der Waals surface area contributed by atoms with Crippen LogP contribution in [0.15, 0.2) is 54.7 Å². The minimum Gasteiger partial charge on any atom is -0.496 e. The van der Waals surface area contributed by atoms with Gasteiger partial charge >= 0.3 is 0 Å². The molecule has 0 aliphatic carbocycles. The van der Waals surface area contributed by atoms with E-state index >= 15 is 0 Å². The monoisotopic (exact) mass is 361 g/mol. The molecule has 5 nitrogen and oxygen atoms in total. The zero-order chi connectivity index (χ0) is 19.4. The fourth-order valence-corrected chi connectivity index (χ4v) is 3.08. The molecule has 138 valence electrons. The second-order valence-corrected chi connectivity index (χ2v) is 6.49. The number of aromatic nitrogens is 1. The summed E-state index contributed by atoms with van der Waals surface area (Å²) >= 11 is 0. The molecule has 3 aromatic rings. The molecule has 1 heterocycles. The molecule has 5 heteroatoms. The number of carbonyl (C=O) groups is 1. The molecule has 0 saturated heterocycles. The van der Waals surface area contributed by atoms with E-state index in [4.69, 9.17) is 4.74 Å². The van der Waals surface area contributed by atoms with Crippen LogP contribution >= 0.6 is 0 Å². The average Bonchev–Trinajstić information content (AvgIpc) is 2.65. The van der Waals surface area contributed by atoms with E-state index in [-0.39, 0.29) is 5.91 Å². The highest BCUT2D eigenvalue weighted by Crippen LogP contribution is 2.25. The number of rotatable bonds is 5. The van der Waals surface area contributed by atoms with Gasteiger partial charge in [0.05, 0.1) is 24.6 Å². The highest BCUT2D eigenvalue weighted by atomic mass is 16.5. The molecule has 0 radical (unpaired) electrons. The van der Waals surface area contributed by atoms with E-state index < -0.39 is 0 Å². The molecular formula is C22H23N3O2. The lowest BCUT2D eigenvalue weighted by Crippen LogP contribution is -2.13. The van der Waals surface area contributed by atoms with Crippen molar-refractivity contribution in [1.82, 2.24) is 4.98 Å². The predicted octanol–water partition coefficient (Wildman–Crippen LogP) is 5.01. The molecule has 0 aliphatic heterocycles. The number of hydrogen-bond acceptors (Lipinski definition) is 4. The van der Waals surface area contributed by atoms with E-state index in [0.717, 1.165) is 11.5 Å². The highest BCUT2D eigenvalue weighted by Gasteiger charge is 2.12. The van der Waals surface area contributed by atoms with Gasteiger partial charge in [0.1, 0.15) is 11.6 Å². The topological polar surface area (TPSA) is 63.2 Å². The molecule has 0 saturated carbocycles. The summed E-state index contributed by atoms with van der Waals surface area (Å²) in [6.45, 7) is 6.23. The number of carbonyl (C=O) groups excluding carboxylic acids is 1. The van der Waals surface area contributed by atoms with E-state index in [1.807, 2.05) is 18.2 Å². The molecule has 0 bridgehead atoms. The number of nitrogens with zero attached hydrogens (tertiary/aromatic N) is 1. The third-order valence-corrected chi connectivity index (χ3v) is 4.30. The van der Waals surface area contributed by atoms with Crippen LogP contribution in [0.3, 0.4) is 0 Å². The lowest BCUT2D eigenvalue weighted by molar-refractivity contribution is 0.102. The summed E-state index contributed by atoms with van der Waals surface area (Å²) in [5.74, 6) is 1.02. The summed E-state index contributed by atoms with van der Waals surface area (Å²) in [5, 5.41) is 6.20. The summed E-state index contributed by atoms with van der Waals surface area (Å²) < 4.78 is 5.23. The Labute approximate surface area is 159 Å². The minimum absolute atomic E-state index is 0.236. The van der Waals surface area contributed by atoms with Crippen LogP contribution in [0.25, 0.3) is 0 Å². The van der Waals surface area contributed by atoms with Gasteiger partial charge in [0.25, 0.3) is 5.91 Å². The normalized spacial score (nSPS) is 10.4. The number of ether oxygens (including phenoxy) is 1. The van der Waals surface area contributed by atoms with Crippen molar-refractivity contribution < 1.29 is 9.53 Å². The van der Waals surface area contributed by atoms with E-state index in [1.165, 1.54) is 16.7 Å². The van der Waals surface area contributed by atoms with Gasteiger partial charge in [0.15, 0.2) is 0 Å². The number of pyridine rings is 1. The second kappa shape index (κ2) is 7.91. The Kier molecular flexibility index (Phi) is 5.41. The smallest absolute Gasteiger partial charge is 0.259 e. The van der Waals surface area contributed by atoms with Crippen molar-refractivity contribution >= 4 is 23.1 Å². The average molecular weight is 361 g/mol. The first-order chi connectivity index (χ1) is 13.0. The van der Waals surface area contributed by atoms with Crippen molar-refractivity contribution in [1.29, 1.82) is 0 Å². The van der Waals surface area contributed by atoms with Crippen LogP contribution < -0.4 is 15.4 Å². The minimum atomic E-state index is -0.236. The maximum Gasteiger partial charge on any atom is 0.259 e. The SMILES string of the molecule is COc1ccccc1C(=O)Nc1ccc(Nc2c(C)cc(C)cc2C)nc1. The molecule has 1 amide bonds. The molecule has 0 atom stereocenters. The predicted molar refractivity (Wildman–Crippen MR) is 109 cm³/mol. The largest absolute Gasteiger partial charge is 0.496 e. The molecule has 27 heavy (non-hydrogen) atoms. The molecule has 0 spiro atoms. The Hall–Kier alpha value is -3.34. The summed E-state index contributed by atoms with van der Waals surface area (Å²) in [6.07, 6.45) is 1.63. The number of para-hydroxylation sites is 1. The molecule has 3 rings (SSSR count). The second-order valence-electron chi connectivity index (χ2n) is 6.49. The first-order valence-corrected chi connectivity index (χ1v) is 8.73. The van der Waals surface area contributed by atoms with Gasteiger partial charge in [0.2, 0.25) is 0 Å². The van der Waals surface area contributed by atoms with E-state index in [9.17, 15) is 4.79 Å². The van der Waals surface area contributed by atoms with Gasteiger partial charge in [-0.25, -0.2) is 4.98 Å². The van der Waals surface area contributed by atoms with Crippen LogP contribution in [-0.2, 0) is 0 Å². The van der Waals surface area contributed by atoms with Crippen LogP contribution in [0.1, 0.15) is 27.0 Å². The molecular weight excluding hydrogens is 338 g/mol. The van der Waals surface area contributed by atoms with Crippen LogP contribution in [0.5, 0.6) is 5.75 Å². The zero-order valence-electron chi connectivity index (χ0n) is 16.0. The van der Waals surface area contributed by atoms with E-state index in [0.29, 0.717) is 17.0 Å². The number of benzene rings is 2. The van der Waals surface area contributed by atoms with Crippen molar-refractivity contribution in [2.75, 3.05) is 17.7 Å². The number of anilines is 3. The van der Waals surface area contributed by atoms with Gasteiger partial charge < -0.3 is 15.4 Å². The Morgan fingerprint density at radius 3 is 2.33 bits per heavy atom. The fraction of sp³-hybridized carbons (Fsp3) is 0.182. The third-order valence-electron chi connectivity index (χ3n) is 4.30. The lowest BCUT2D eigenvalue weighted by atomic mass is 10.1. The first kappa shape index (κ1) is 18.5. The quantitative estimate of drug-likeness (QED) is 0.670. The van der Waals surface area contributed by atoms with Gasteiger partial charge in [-0.05, 0) is 56.2 Å². The fourth-order valence-electron chi connectivity index (χ4n) is 3.08. The number of methoxy groups -OCH3 is 1. The Balaban J connectivity index is 1.73. The van der Waals surface area contributed by atoms with Crippen LogP contribution in [0, 0.1) is 20.8 Å². The van der Waals surface area contributed by atoms with Gasteiger partial charge in [-0.15, -0.1) is 0 Å². The van der Waals surface area contributed by atoms with Crippen molar-refractivity contribution in [2.24, 2.45) is 0 Å². The number of aryl methyl sites for hydroxylation is 3. The van der Waals surface area contributed by atoms with E-state index in [2.05, 4.69) is 48.5 Å². The van der Waals surface area contributed by atoms with Gasteiger partial charge in [-0.2, -0.15) is 0 Å².